The van der Waals surface area contributed by atoms with Crippen LogP contribution in [-0.4, -0.2) is 32.1 Å². The summed E-state index contributed by atoms with van der Waals surface area (Å²) < 4.78 is 0. The van der Waals surface area contributed by atoms with Crippen molar-refractivity contribution in [3.63, 3.8) is 0 Å². The Hall–Kier alpha value is -3.00. The first-order valence-corrected chi connectivity index (χ1v) is 9.24. The van der Waals surface area contributed by atoms with Crippen LogP contribution in [0.1, 0.15) is 42.0 Å². The van der Waals surface area contributed by atoms with Crippen LogP contribution in [0, 0.1) is 5.92 Å². The summed E-state index contributed by atoms with van der Waals surface area (Å²) in [6.07, 6.45) is 6.94. The third kappa shape index (κ3) is 3.61. The van der Waals surface area contributed by atoms with Gasteiger partial charge in [0.25, 0.3) is 5.91 Å². The van der Waals surface area contributed by atoms with Crippen LogP contribution < -0.4 is 16.8 Å². The number of H-pyrrole nitrogens is 1. The Kier molecular flexibility index (Phi) is 4.72. The normalized spacial score (nSPS) is 19.9. The summed E-state index contributed by atoms with van der Waals surface area (Å²) in [5.41, 5.74) is 13.5. The van der Waals surface area contributed by atoms with E-state index in [-0.39, 0.29) is 11.7 Å². The molecule has 0 aliphatic heterocycles. The standard InChI is InChI=1S/C19H23N7O/c20-13-5-2-1-4-11(13)10-16-24-19(17(18(21)27)26-25-16)23-15-7-3-6-14-12(15)8-9-22-14/h3,6-9,11,13,22H,1-2,4-5,10,20H2,(H2,21,27)(H,23,24,25). The van der Waals surface area contributed by atoms with Crippen molar-refractivity contribution in [2.45, 2.75) is 38.1 Å². The van der Waals surface area contributed by atoms with Crippen LogP contribution in [0.4, 0.5) is 11.5 Å². The first-order chi connectivity index (χ1) is 13.1. The van der Waals surface area contributed by atoms with Crippen molar-refractivity contribution in [3.05, 3.63) is 42.0 Å². The molecule has 4 rings (SSSR count). The molecule has 1 aliphatic carbocycles. The maximum absolute atomic E-state index is 11.8. The van der Waals surface area contributed by atoms with E-state index in [9.17, 15) is 4.79 Å². The molecule has 2 aromatic heterocycles. The lowest BCUT2D eigenvalue weighted by Gasteiger charge is -2.27. The predicted octanol–water partition coefficient (Wildman–Crippen LogP) is 2.26. The molecule has 1 fully saturated rings. The fraction of sp³-hybridized carbons (Fsp3) is 0.368. The Morgan fingerprint density at radius 2 is 2.07 bits per heavy atom. The molecule has 0 radical (unpaired) electrons. The van der Waals surface area contributed by atoms with Crippen LogP contribution in [0.25, 0.3) is 10.9 Å². The van der Waals surface area contributed by atoms with E-state index in [2.05, 4.69) is 25.5 Å². The van der Waals surface area contributed by atoms with Gasteiger partial charge in [0.05, 0.1) is 0 Å². The summed E-state index contributed by atoms with van der Waals surface area (Å²) in [5.74, 6) is 0.567. The zero-order chi connectivity index (χ0) is 18.8. The molecular weight excluding hydrogens is 342 g/mol. The molecule has 140 valence electrons. The van der Waals surface area contributed by atoms with Crippen LogP contribution in [0.2, 0.25) is 0 Å². The molecule has 1 aliphatic rings. The molecule has 8 heteroatoms. The van der Waals surface area contributed by atoms with E-state index < -0.39 is 5.91 Å². The number of aromatic nitrogens is 4. The van der Waals surface area contributed by atoms with Gasteiger partial charge in [0, 0.05) is 35.2 Å². The zero-order valence-corrected chi connectivity index (χ0v) is 15.0. The van der Waals surface area contributed by atoms with E-state index in [0.717, 1.165) is 29.4 Å². The van der Waals surface area contributed by atoms with Gasteiger partial charge in [0.1, 0.15) is 0 Å². The van der Waals surface area contributed by atoms with Gasteiger partial charge in [-0.2, -0.15) is 0 Å². The highest BCUT2D eigenvalue weighted by Gasteiger charge is 2.24. The number of carbonyl (C=O) groups excluding carboxylic acids is 1. The van der Waals surface area contributed by atoms with E-state index in [4.69, 9.17) is 11.5 Å². The third-order valence-electron chi connectivity index (χ3n) is 5.22. The summed E-state index contributed by atoms with van der Waals surface area (Å²) >= 11 is 0. The molecular formula is C19H23N7O. The Bertz CT molecular complexity index is 968. The van der Waals surface area contributed by atoms with Gasteiger partial charge >= 0.3 is 0 Å². The third-order valence-corrected chi connectivity index (χ3v) is 5.22. The number of nitrogens with zero attached hydrogens (tertiary/aromatic N) is 3. The molecule has 2 atom stereocenters. The fourth-order valence-electron chi connectivity index (χ4n) is 3.75. The lowest BCUT2D eigenvalue weighted by atomic mass is 9.83. The molecule has 3 aromatic rings. The summed E-state index contributed by atoms with van der Waals surface area (Å²) in [6, 6.07) is 7.92. The summed E-state index contributed by atoms with van der Waals surface area (Å²) in [6.45, 7) is 0. The molecule has 2 heterocycles. The van der Waals surface area contributed by atoms with Gasteiger partial charge in [-0.15, -0.1) is 10.2 Å². The average Bonchev–Trinajstić information content (AvgIpc) is 3.13. The van der Waals surface area contributed by atoms with Gasteiger partial charge in [-0.25, -0.2) is 4.98 Å². The summed E-state index contributed by atoms with van der Waals surface area (Å²) in [4.78, 5) is 19.5. The highest BCUT2D eigenvalue weighted by Crippen LogP contribution is 2.28. The number of rotatable bonds is 5. The smallest absolute Gasteiger partial charge is 0.273 e. The molecule has 8 nitrogen and oxygen atoms in total. The molecule has 6 N–H and O–H groups in total. The van der Waals surface area contributed by atoms with Crippen LogP contribution in [0.5, 0.6) is 0 Å². The van der Waals surface area contributed by atoms with Crippen LogP contribution in [0.15, 0.2) is 30.5 Å². The summed E-state index contributed by atoms with van der Waals surface area (Å²) in [7, 11) is 0. The van der Waals surface area contributed by atoms with E-state index in [1.807, 2.05) is 30.5 Å². The van der Waals surface area contributed by atoms with Crippen molar-refractivity contribution < 1.29 is 4.79 Å². The van der Waals surface area contributed by atoms with Gasteiger partial charge in [0.2, 0.25) is 0 Å². The number of anilines is 2. The Balaban J connectivity index is 1.65. The number of benzene rings is 1. The summed E-state index contributed by atoms with van der Waals surface area (Å²) in [5, 5.41) is 12.3. The highest BCUT2D eigenvalue weighted by molar-refractivity contribution is 5.98. The molecule has 1 saturated carbocycles. The second-order valence-electron chi connectivity index (χ2n) is 7.07. The lowest BCUT2D eigenvalue weighted by Crippen LogP contribution is -2.34. The van der Waals surface area contributed by atoms with Crippen molar-refractivity contribution in [1.82, 2.24) is 20.2 Å². The zero-order valence-electron chi connectivity index (χ0n) is 15.0. The monoisotopic (exact) mass is 365 g/mol. The van der Waals surface area contributed by atoms with Crippen LogP contribution in [-0.2, 0) is 6.42 Å². The molecule has 0 bridgehead atoms. The number of nitrogens with one attached hydrogen (secondary N) is 2. The van der Waals surface area contributed by atoms with E-state index in [1.54, 1.807) is 0 Å². The largest absolute Gasteiger partial charge is 0.364 e. The number of amides is 1. The van der Waals surface area contributed by atoms with Gasteiger partial charge in [-0.1, -0.05) is 18.9 Å². The van der Waals surface area contributed by atoms with Gasteiger partial charge < -0.3 is 21.8 Å². The number of carbonyl (C=O) groups is 1. The van der Waals surface area contributed by atoms with Crippen molar-refractivity contribution in [2.75, 3.05) is 5.32 Å². The SMILES string of the molecule is NC(=O)c1nnc(CC2CCCCC2N)nc1Nc1cccc2[nH]ccc12. The lowest BCUT2D eigenvalue weighted by molar-refractivity contribution is 0.0995. The van der Waals surface area contributed by atoms with Gasteiger partial charge in [-0.05, 0) is 37.0 Å². The van der Waals surface area contributed by atoms with Crippen LogP contribution >= 0.6 is 0 Å². The first kappa shape index (κ1) is 17.4. The maximum Gasteiger partial charge on any atom is 0.273 e. The van der Waals surface area contributed by atoms with Gasteiger partial charge in [-0.3, -0.25) is 4.79 Å². The number of aromatic amines is 1. The Morgan fingerprint density at radius 1 is 1.22 bits per heavy atom. The Labute approximate surface area is 156 Å². The molecule has 0 spiro atoms. The predicted molar refractivity (Wildman–Crippen MR) is 104 cm³/mol. The maximum atomic E-state index is 11.8. The molecule has 2 unspecified atom stereocenters. The number of nitrogens with two attached hydrogens (primary N) is 2. The quantitative estimate of drug-likeness (QED) is 0.547. The van der Waals surface area contributed by atoms with E-state index in [0.29, 0.717) is 24.0 Å². The molecule has 1 aromatic carbocycles. The average molecular weight is 365 g/mol. The van der Waals surface area contributed by atoms with E-state index >= 15 is 0 Å². The Morgan fingerprint density at radius 3 is 2.89 bits per heavy atom. The highest BCUT2D eigenvalue weighted by atomic mass is 16.1. The van der Waals surface area contributed by atoms with Crippen LogP contribution in [0.3, 0.4) is 0 Å². The second-order valence-corrected chi connectivity index (χ2v) is 7.07. The van der Waals surface area contributed by atoms with E-state index in [1.165, 1.54) is 12.8 Å². The molecule has 1 amide bonds. The number of hydrogen-bond acceptors (Lipinski definition) is 6. The van der Waals surface area contributed by atoms with Crippen molar-refractivity contribution in [1.29, 1.82) is 0 Å². The minimum Gasteiger partial charge on any atom is -0.364 e. The fourth-order valence-corrected chi connectivity index (χ4v) is 3.75. The molecule has 27 heavy (non-hydrogen) atoms. The first-order valence-electron chi connectivity index (χ1n) is 9.24. The number of hydrogen-bond donors (Lipinski definition) is 4. The van der Waals surface area contributed by atoms with Gasteiger partial charge in [0.15, 0.2) is 17.3 Å². The minimum absolute atomic E-state index is 0.0271. The molecule has 0 saturated heterocycles. The van der Waals surface area contributed by atoms with Crippen molar-refractivity contribution in [2.24, 2.45) is 17.4 Å². The second kappa shape index (κ2) is 7.32. The minimum atomic E-state index is -0.667. The number of primary amides is 1. The number of fused-ring (bicyclic) bond motifs is 1. The van der Waals surface area contributed by atoms with Crippen molar-refractivity contribution >= 4 is 28.3 Å². The van der Waals surface area contributed by atoms with Crippen molar-refractivity contribution in [3.8, 4) is 0 Å². The topological polar surface area (TPSA) is 136 Å².